The molecule has 0 saturated carbocycles. The van der Waals surface area contributed by atoms with Crippen LogP contribution in [0.3, 0.4) is 0 Å². The standard InChI is InChI=1S/C16H27N3O2/c1-18-8-6-13(7-9-18)19(2)14(11-17)12-4-5-16(21-3)15(20)10-12/h4-5,10,13-14,20H,6-9,11,17H2,1-3H3. The average Bonchev–Trinajstić information content (AvgIpc) is 2.49. The van der Waals surface area contributed by atoms with Crippen molar-refractivity contribution in [1.82, 2.24) is 9.80 Å². The molecule has 5 heteroatoms. The predicted molar refractivity (Wildman–Crippen MR) is 84.7 cm³/mol. The molecule has 1 aliphatic heterocycles. The van der Waals surface area contributed by atoms with E-state index in [-0.39, 0.29) is 11.8 Å². The fraction of sp³-hybridized carbons (Fsp3) is 0.625. The lowest BCUT2D eigenvalue weighted by Gasteiger charge is -2.39. The van der Waals surface area contributed by atoms with Gasteiger partial charge in [-0.1, -0.05) is 6.07 Å². The number of rotatable bonds is 5. The Morgan fingerprint density at radius 2 is 2.10 bits per heavy atom. The quantitative estimate of drug-likeness (QED) is 0.860. The SMILES string of the molecule is COc1ccc(C(CN)N(C)C2CCN(C)CC2)cc1O. The second kappa shape index (κ2) is 7.11. The average molecular weight is 293 g/mol. The highest BCUT2D eigenvalue weighted by Gasteiger charge is 2.26. The zero-order valence-corrected chi connectivity index (χ0v) is 13.2. The van der Waals surface area contributed by atoms with Gasteiger partial charge < -0.3 is 20.5 Å². The Morgan fingerprint density at radius 1 is 1.43 bits per heavy atom. The predicted octanol–water partition coefficient (Wildman–Crippen LogP) is 1.43. The molecule has 1 heterocycles. The molecule has 0 aliphatic carbocycles. The summed E-state index contributed by atoms with van der Waals surface area (Å²) in [5.41, 5.74) is 7.03. The van der Waals surface area contributed by atoms with Crippen LogP contribution in [0.1, 0.15) is 24.4 Å². The highest BCUT2D eigenvalue weighted by molar-refractivity contribution is 5.42. The summed E-state index contributed by atoms with van der Waals surface area (Å²) in [7, 11) is 5.85. The number of ether oxygens (including phenoxy) is 1. The van der Waals surface area contributed by atoms with Gasteiger partial charge in [-0.15, -0.1) is 0 Å². The molecule has 0 spiro atoms. The highest BCUT2D eigenvalue weighted by atomic mass is 16.5. The van der Waals surface area contributed by atoms with Crippen LogP contribution in [0, 0.1) is 0 Å². The van der Waals surface area contributed by atoms with Crippen molar-refractivity contribution in [2.45, 2.75) is 24.9 Å². The Kier molecular flexibility index (Phi) is 5.45. The molecule has 1 saturated heterocycles. The number of aromatic hydroxyl groups is 1. The van der Waals surface area contributed by atoms with E-state index in [1.54, 1.807) is 19.2 Å². The van der Waals surface area contributed by atoms with E-state index in [0.717, 1.165) is 31.5 Å². The third kappa shape index (κ3) is 3.67. The molecule has 0 bridgehead atoms. The number of phenols is 1. The van der Waals surface area contributed by atoms with Crippen LogP contribution in [0.2, 0.25) is 0 Å². The van der Waals surface area contributed by atoms with Crippen molar-refractivity contribution < 1.29 is 9.84 Å². The second-order valence-electron chi connectivity index (χ2n) is 5.88. The van der Waals surface area contributed by atoms with Crippen LogP contribution in [0.25, 0.3) is 0 Å². The first-order chi connectivity index (χ1) is 10.1. The normalized spacial score (nSPS) is 18.9. The minimum Gasteiger partial charge on any atom is -0.504 e. The highest BCUT2D eigenvalue weighted by Crippen LogP contribution is 2.32. The number of likely N-dealkylation sites (tertiary alicyclic amines) is 1. The number of nitrogens with zero attached hydrogens (tertiary/aromatic N) is 2. The van der Waals surface area contributed by atoms with Crippen LogP contribution >= 0.6 is 0 Å². The lowest BCUT2D eigenvalue weighted by molar-refractivity contribution is 0.109. The fourth-order valence-electron chi connectivity index (χ4n) is 3.11. The summed E-state index contributed by atoms with van der Waals surface area (Å²) in [6.07, 6.45) is 2.32. The molecule has 1 atom stereocenters. The molecule has 0 amide bonds. The first kappa shape index (κ1) is 16.1. The van der Waals surface area contributed by atoms with Crippen LogP contribution in [0.4, 0.5) is 0 Å². The number of likely N-dealkylation sites (N-methyl/N-ethyl adjacent to an activating group) is 1. The third-order valence-electron chi connectivity index (χ3n) is 4.57. The molecule has 0 radical (unpaired) electrons. The molecule has 0 aromatic heterocycles. The molecule has 1 aliphatic rings. The van der Waals surface area contributed by atoms with E-state index in [1.807, 2.05) is 6.07 Å². The van der Waals surface area contributed by atoms with Gasteiger partial charge in [0, 0.05) is 18.6 Å². The summed E-state index contributed by atoms with van der Waals surface area (Å²) in [5.74, 6) is 0.668. The van der Waals surface area contributed by atoms with Gasteiger partial charge in [0.2, 0.25) is 0 Å². The molecule has 1 aromatic rings. The summed E-state index contributed by atoms with van der Waals surface area (Å²) in [5, 5.41) is 9.97. The number of hydrogen-bond donors (Lipinski definition) is 2. The van der Waals surface area contributed by atoms with Gasteiger partial charge in [0.1, 0.15) is 0 Å². The molecule has 21 heavy (non-hydrogen) atoms. The van der Waals surface area contributed by atoms with Gasteiger partial charge in [-0.3, -0.25) is 4.90 Å². The zero-order valence-electron chi connectivity index (χ0n) is 13.2. The number of benzene rings is 1. The zero-order chi connectivity index (χ0) is 15.4. The van der Waals surface area contributed by atoms with Gasteiger partial charge in [0.05, 0.1) is 7.11 Å². The summed E-state index contributed by atoms with van der Waals surface area (Å²) in [6, 6.07) is 6.22. The van der Waals surface area contributed by atoms with Crippen molar-refractivity contribution in [2.24, 2.45) is 5.73 Å². The smallest absolute Gasteiger partial charge is 0.160 e. The van der Waals surface area contributed by atoms with Gasteiger partial charge >= 0.3 is 0 Å². The first-order valence-electron chi connectivity index (χ1n) is 7.54. The van der Waals surface area contributed by atoms with Crippen molar-refractivity contribution in [3.63, 3.8) is 0 Å². The Balaban J connectivity index is 2.13. The maximum atomic E-state index is 9.97. The summed E-state index contributed by atoms with van der Waals surface area (Å²) in [4.78, 5) is 4.72. The minimum absolute atomic E-state index is 0.121. The van der Waals surface area contributed by atoms with E-state index in [4.69, 9.17) is 10.5 Å². The fourth-order valence-corrected chi connectivity index (χ4v) is 3.11. The van der Waals surface area contributed by atoms with E-state index in [2.05, 4.69) is 23.9 Å². The number of phenolic OH excluding ortho intramolecular Hbond substituents is 1. The molecule has 1 unspecified atom stereocenters. The first-order valence-corrected chi connectivity index (χ1v) is 7.54. The van der Waals surface area contributed by atoms with Crippen molar-refractivity contribution >= 4 is 0 Å². The van der Waals surface area contributed by atoms with E-state index in [9.17, 15) is 5.11 Å². The van der Waals surface area contributed by atoms with Crippen molar-refractivity contribution in [3.05, 3.63) is 23.8 Å². The van der Waals surface area contributed by atoms with Crippen LogP contribution in [0.5, 0.6) is 11.5 Å². The van der Waals surface area contributed by atoms with Crippen LogP contribution in [-0.2, 0) is 0 Å². The van der Waals surface area contributed by atoms with Gasteiger partial charge in [-0.25, -0.2) is 0 Å². The maximum Gasteiger partial charge on any atom is 0.160 e. The molecule has 5 nitrogen and oxygen atoms in total. The van der Waals surface area contributed by atoms with Gasteiger partial charge in [0.15, 0.2) is 11.5 Å². The Hall–Kier alpha value is -1.30. The van der Waals surface area contributed by atoms with Gasteiger partial charge in [0.25, 0.3) is 0 Å². The van der Waals surface area contributed by atoms with E-state index >= 15 is 0 Å². The summed E-state index contributed by atoms with van der Waals surface area (Å²) < 4.78 is 5.10. The molecule has 1 fully saturated rings. The van der Waals surface area contributed by atoms with E-state index in [0.29, 0.717) is 18.3 Å². The largest absolute Gasteiger partial charge is 0.504 e. The Labute approximate surface area is 127 Å². The number of hydrogen-bond acceptors (Lipinski definition) is 5. The Morgan fingerprint density at radius 3 is 2.62 bits per heavy atom. The van der Waals surface area contributed by atoms with Gasteiger partial charge in [-0.05, 0) is 57.7 Å². The Bertz CT molecular complexity index is 459. The van der Waals surface area contributed by atoms with Crippen molar-refractivity contribution in [1.29, 1.82) is 0 Å². The third-order valence-corrected chi connectivity index (χ3v) is 4.57. The van der Waals surface area contributed by atoms with Crippen LogP contribution in [-0.4, -0.2) is 61.8 Å². The minimum atomic E-state index is 0.121. The second-order valence-corrected chi connectivity index (χ2v) is 5.88. The number of nitrogens with two attached hydrogens (primary N) is 1. The molecule has 118 valence electrons. The monoisotopic (exact) mass is 293 g/mol. The van der Waals surface area contributed by atoms with E-state index in [1.165, 1.54) is 0 Å². The molecular weight excluding hydrogens is 266 g/mol. The van der Waals surface area contributed by atoms with Crippen LogP contribution in [0.15, 0.2) is 18.2 Å². The topological polar surface area (TPSA) is 62.0 Å². The van der Waals surface area contributed by atoms with Crippen molar-refractivity contribution in [2.75, 3.05) is 40.8 Å². The molecule has 2 rings (SSSR count). The number of piperidine rings is 1. The lowest BCUT2D eigenvalue weighted by Crippen LogP contribution is -2.45. The van der Waals surface area contributed by atoms with E-state index < -0.39 is 0 Å². The maximum absolute atomic E-state index is 9.97. The molecule has 3 N–H and O–H groups in total. The summed E-state index contributed by atoms with van der Waals surface area (Å²) in [6.45, 7) is 2.79. The number of methoxy groups -OCH3 is 1. The van der Waals surface area contributed by atoms with Crippen LogP contribution < -0.4 is 10.5 Å². The lowest BCUT2D eigenvalue weighted by atomic mass is 9.98. The summed E-state index contributed by atoms with van der Waals surface area (Å²) >= 11 is 0. The van der Waals surface area contributed by atoms with Crippen molar-refractivity contribution in [3.8, 4) is 11.5 Å². The van der Waals surface area contributed by atoms with Gasteiger partial charge in [-0.2, -0.15) is 0 Å². The molecular formula is C16H27N3O2. The molecule has 1 aromatic carbocycles.